The molecule has 0 radical (unpaired) electrons. The molecule has 0 spiro atoms. The van der Waals surface area contributed by atoms with Crippen molar-refractivity contribution < 1.29 is 4.39 Å². The molecular formula is C9H9Cl3FN. The van der Waals surface area contributed by atoms with E-state index in [0.29, 0.717) is 10.6 Å². The Labute approximate surface area is 98.0 Å². The Morgan fingerprint density at radius 1 is 1.29 bits per heavy atom. The number of hydrogen-bond acceptors (Lipinski definition) is 1. The van der Waals surface area contributed by atoms with E-state index in [1.165, 1.54) is 6.07 Å². The van der Waals surface area contributed by atoms with Gasteiger partial charge in [0.2, 0.25) is 0 Å². The maximum Gasteiger partial charge on any atom is 0.148 e. The molecule has 1 nitrogen and oxygen atoms in total. The average Bonchev–Trinajstić information content (AvgIpc) is 2.02. The van der Waals surface area contributed by atoms with Crippen LogP contribution in [0, 0.1) is 5.82 Å². The van der Waals surface area contributed by atoms with Gasteiger partial charge in [0.15, 0.2) is 0 Å². The Morgan fingerprint density at radius 2 is 1.86 bits per heavy atom. The maximum absolute atomic E-state index is 13.5. The average molecular weight is 257 g/mol. The van der Waals surface area contributed by atoms with Gasteiger partial charge in [-0.2, -0.15) is 0 Å². The molecule has 0 aliphatic carbocycles. The number of rotatable bonds is 1. The van der Waals surface area contributed by atoms with Crippen LogP contribution in [-0.2, 0) is 0 Å². The van der Waals surface area contributed by atoms with Crippen molar-refractivity contribution in [2.24, 2.45) is 0 Å². The Bertz CT molecular complexity index is 339. The molecule has 1 atom stereocenters. The summed E-state index contributed by atoms with van der Waals surface area (Å²) in [5.41, 5.74) is 0.500. The van der Waals surface area contributed by atoms with Crippen LogP contribution in [0.25, 0.3) is 0 Å². The lowest BCUT2D eigenvalue weighted by Gasteiger charge is -2.29. The first kappa shape index (κ1) is 12.1. The first-order valence-electron chi connectivity index (χ1n) is 4.07. The molecule has 0 amide bonds. The van der Waals surface area contributed by atoms with Crippen molar-refractivity contribution >= 4 is 35.6 Å². The van der Waals surface area contributed by atoms with Gasteiger partial charge in [-0.15, -0.1) is 12.4 Å². The Kier molecular flexibility index (Phi) is 4.02. The molecule has 1 aliphatic rings. The van der Waals surface area contributed by atoms with Crippen LogP contribution in [0.5, 0.6) is 0 Å². The van der Waals surface area contributed by atoms with Crippen LogP contribution >= 0.6 is 35.6 Å². The number of hydrogen-bond donors (Lipinski definition) is 1. The topological polar surface area (TPSA) is 12.0 Å². The van der Waals surface area contributed by atoms with Gasteiger partial charge >= 0.3 is 0 Å². The van der Waals surface area contributed by atoms with Crippen molar-refractivity contribution in [2.45, 2.75) is 12.5 Å². The van der Waals surface area contributed by atoms with Crippen LogP contribution in [0.15, 0.2) is 12.1 Å². The normalized spacial score (nSPS) is 19.8. The van der Waals surface area contributed by atoms with Gasteiger partial charge in [0.1, 0.15) is 5.82 Å². The SMILES string of the molecule is Cl.Fc1c(Cl)ccc(Cl)c1[C@@H]1CCN1. The summed E-state index contributed by atoms with van der Waals surface area (Å²) in [7, 11) is 0. The van der Waals surface area contributed by atoms with Gasteiger partial charge in [-0.1, -0.05) is 23.2 Å². The second-order valence-electron chi connectivity index (χ2n) is 3.05. The van der Waals surface area contributed by atoms with Crippen LogP contribution in [0.1, 0.15) is 18.0 Å². The van der Waals surface area contributed by atoms with E-state index in [4.69, 9.17) is 23.2 Å². The number of halogens is 4. The molecule has 1 aromatic carbocycles. The van der Waals surface area contributed by atoms with Crippen molar-refractivity contribution in [1.29, 1.82) is 0 Å². The minimum atomic E-state index is -0.397. The third-order valence-corrected chi connectivity index (χ3v) is 2.87. The lowest BCUT2D eigenvalue weighted by Crippen LogP contribution is -2.35. The molecule has 0 saturated carbocycles. The Morgan fingerprint density at radius 3 is 2.36 bits per heavy atom. The van der Waals surface area contributed by atoms with E-state index < -0.39 is 5.82 Å². The van der Waals surface area contributed by atoms with E-state index in [-0.39, 0.29) is 23.5 Å². The van der Waals surface area contributed by atoms with Gasteiger partial charge < -0.3 is 5.32 Å². The molecule has 0 bridgehead atoms. The summed E-state index contributed by atoms with van der Waals surface area (Å²) < 4.78 is 13.5. The quantitative estimate of drug-likeness (QED) is 0.757. The highest BCUT2D eigenvalue weighted by atomic mass is 35.5. The van der Waals surface area contributed by atoms with Gasteiger partial charge in [-0.3, -0.25) is 0 Å². The standard InChI is InChI=1S/C9H8Cl2FN.ClH/c10-5-1-2-6(11)9(12)8(5)7-3-4-13-7;/h1-2,7,13H,3-4H2;1H/t7-;/m0./s1. The minimum Gasteiger partial charge on any atom is -0.310 e. The molecule has 1 N–H and O–H groups in total. The molecule has 1 fully saturated rings. The van der Waals surface area contributed by atoms with Gasteiger partial charge in [-0.25, -0.2) is 4.39 Å². The number of nitrogens with one attached hydrogen (secondary N) is 1. The zero-order valence-electron chi connectivity index (χ0n) is 7.19. The summed E-state index contributed by atoms with van der Waals surface area (Å²) in [5.74, 6) is -0.397. The van der Waals surface area contributed by atoms with E-state index in [1.807, 2.05) is 0 Å². The fraction of sp³-hybridized carbons (Fsp3) is 0.333. The summed E-state index contributed by atoms with van der Waals surface area (Å²) in [4.78, 5) is 0. The molecule has 1 saturated heterocycles. The van der Waals surface area contributed by atoms with Crippen LogP contribution in [0.4, 0.5) is 4.39 Å². The highest BCUT2D eigenvalue weighted by molar-refractivity contribution is 6.33. The third kappa shape index (κ3) is 1.98. The molecule has 14 heavy (non-hydrogen) atoms. The third-order valence-electron chi connectivity index (χ3n) is 2.25. The molecule has 1 heterocycles. The van der Waals surface area contributed by atoms with E-state index in [2.05, 4.69) is 5.32 Å². The van der Waals surface area contributed by atoms with Crippen molar-refractivity contribution in [3.05, 3.63) is 33.6 Å². The van der Waals surface area contributed by atoms with Crippen LogP contribution in [0.2, 0.25) is 10.0 Å². The molecule has 1 aromatic rings. The minimum absolute atomic E-state index is 0. The number of benzene rings is 1. The predicted octanol–water partition coefficient (Wildman–Crippen LogP) is 3.59. The van der Waals surface area contributed by atoms with Crippen LogP contribution in [0.3, 0.4) is 0 Å². The van der Waals surface area contributed by atoms with E-state index >= 15 is 0 Å². The highest BCUT2D eigenvalue weighted by Gasteiger charge is 2.25. The van der Waals surface area contributed by atoms with Crippen molar-refractivity contribution in [3.8, 4) is 0 Å². The first-order chi connectivity index (χ1) is 6.20. The predicted molar refractivity (Wildman–Crippen MR) is 59.0 cm³/mol. The molecule has 5 heteroatoms. The molecule has 2 rings (SSSR count). The first-order valence-corrected chi connectivity index (χ1v) is 4.82. The van der Waals surface area contributed by atoms with E-state index in [1.54, 1.807) is 6.07 Å². The lowest BCUT2D eigenvalue weighted by molar-refractivity contribution is 0.370. The van der Waals surface area contributed by atoms with Crippen molar-refractivity contribution in [3.63, 3.8) is 0 Å². The maximum atomic E-state index is 13.5. The van der Waals surface area contributed by atoms with Gasteiger partial charge in [0, 0.05) is 16.6 Å². The summed E-state index contributed by atoms with van der Waals surface area (Å²) in [5, 5.41) is 3.66. The molecule has 1 aliphatic heterocycles. The summed E-state index contributed by atoms with van der Waals surface area (Å²) in [6, 6.07) is 3.13. The molecular weight excluding hydrogens is 247 g/mol. The zero-order valence-corrected chi connectivity index (χ0v) is 9.52. The van der Waals surface area contributed by atoms with Crippen LogP contribution < -0.4 is 5.32 Å². The monoisotopic (exact) mass is 255 g/mol. The summed E-state index contributed by atoms with van der Waals surface area (Å²) >= 11 is 11.5. The molecule has 0 aromatic heterocycles. The van der Waals surface area contributed by atoms with Gasteiger partial charge in [0.05, 0.1) is 5.02 Å². The van der Waals surface area contributed by atoms with E-state index in [0.717, 1.165) is 13.0 Å². The summed E-state index contributed by atoms with van der Waals surface area (Å²) in [6.07, 6.45) is 0.914. The second kappa shape index (κ2) is 4.67. The molecule has 0 unspecified atom stereocenters. The second-order valence-corrected chi connectivity index (χ2v) is 3.87. The van der Waals surface area contributed by atoms with Gasteiger partial charge in [0.25, 0.3) is 0 Å². The van der Waals surface area contributed by atoms with Crippen molar-refractivity contribution in [2.75, 3.05) is 6.54 Å². The summed E-state index contributed by atoms with van der Waals surface area (Å²) in [6.45, 7) is 0.910. The fourth-order valence-corrected chi connectivity index (χ4v) is 1.84. The van der Waals surface area contributed by atoms with Crippen LogP contribution in [-0.4, -0.2) is 6.54 Å². The molecule has 78 valence electrons. The van der Waals surface area contributed by atoms with Crippen molar-refractivity contribution in [1.82, 2.24) is 5.32 Å². The Balaban J connectivity index is 0.000000980. The largest absolute Gasteiger partial charge is 0.310 e. The zero-order chi connectivity index (χ0) is 9.42. The van der Waals surface area contributed by atoms with E-state index in [9.17, 15) is 4.39 Å². The lowest BCUT2D eigenvalue weighted by atomic mass is 9.97. The Hall–Kier alpha value is -0.0200. The fourth-order valence-electron chi connectivity index (χ4n) is 1.40. The smallest absolute Gasteiger partial charge is 0.148 e. The van der Waals surface area contributed by atoms with Gasteiger partial charge in [-0.05, 0) is 25.1 Å². The highest BCUT2D eigenvalue weighted by Crippen LogP contribution is 2.34.